The zero-order valence-electron chi connectivity index (χ0n) is 3.68. The van der Waals surface area contributed by atoms with Crippen LogP contribution in [0.25, 0.3) is 0 Å². The molecule has 0 aromatic carbocycles. The fraction of sp³-hybridized carbons (Fsp3) is 0. The van der Waals surface area contributed by atoms with Gasteiger partial charge >= 0.3 is 16.3 Å². The molecule has 0 radical (unpaired) electrons. The number of hydrogen-bond donors (Lipinski definition) is 0. The summed E-state index contributed by atoms with van der Waals surface area (Å²) in [7, 11) is 0. The van der Waals surface area contributed by atoms with E-state index in [9.17, 15) is 0 Å². The molecule has 36 valence electrons. The Balaban J connectivity index is 3.04. The largest absolute Gasteiger partial charge is 0.361 e. The van der Waals surface area contributed by atoms with Crippen molar-refractivity contribution in [3.05, 3.63) is 3.83 Å². The molecule has 0 atom stereocenters. The second kappa shape index (κ2) is 2.11. The molecule has 7 heavy (non-hydrogen) atoms. The van der Waals surface area contributed by atoms with Crippen LogP contribution in [0.1, 0.15) is 0 Å². The van der Waals surface area contributed by atoms with Gasteiger partial charge in [0.05, 0.1) is 0 Å². The number of aromatic nitrogens is 2. The summed E-state index contributed by atoms with van der Waals surface area (Å²) in [6, 6.07) is 0. The Morgan fingerprint density at radius 2 is 2.43 bits per heavy atom. The van der Waals surface area contributed by atoms with Crippen LogP contribution in [0.4, 0.5) is 0 Å². The highest BCUT2D eigenvalue weighted by Crippen LogP contribution is 1.88. The third-order valence-corrected chi connectivity index (χ3v) is 1.35. The summed E-state index contributed by atoms with van der Waals surface area (Å²) in [6.45, 7) is 0. The highest BCUT2D eigenvalue weighted by atomic mass is 127. The van der Waals surface area contributed by atoms with Crippen LogP contribution in [0.5, 0.6) is 0 Å². The molecule has 0 saturated carbocycles. The quantitative estimate of drug-likeness (QED) is 0.416. The second-order valence-corrected chi connectivity index (χ2v) is 2.90. The molecule has 1 aromatic heterocycles. The van der Waals surface area contributed by atoms with Crippen molar-refractivity contribution in [1.29, 1.82) is 0 Å². The Bertz CT molecular complexity index is 148. The number of hydrogen-bond acceptors (Lipinski definition) is 3. The van der Waals surface area contributed by atoms with E-state index in [0.717, 1.165) is 21.0 Å². The molecule has 1 aromatic rings. The van der Waals surface area contributed by atoms with Crippen LogP contribution in [0.15, 0.2) is 4.52 Å². The van der Waals surface area contributed by atoms with Gasteiger partial charge in [0, 0.05) is 22.6 Å². The van der Waals surface area contributed by atoms with E-state index in [4.69, 9.17) is 0 Å². The van der Waals surface area contributed by atoms with Crippen LogP contribution in [0.3, 0.4) is 0 Å². The van der Waals surface area contributed by atoms with Crippen LogP contribution in [-0.2, 0) is 0 Å². The molecule has 0 aliphatic carbocycles. The van der Waals surface area contributed by atoms with Crippen molar-refractivity contribution in [3.8, 4) is 0 Å². The van der Waals surface area contributed by atoms with E-state index in [1.807, 2.05) is 22.6 Å². The highest BCUT2D eigenvalue weighted by molar-refractivity contribution is 14.1. The molecule has 1 rings (SSSR count). The lowest BCUT2D eigenvalue weighted by Crippen LogP contribution is -2.00. The summed E-state index contributed by atoms with van der Waals surface area (Å²) in [5, 5.41) is 3.55. The van der Waals surface area contributed by atoms with Gasteiger partial charge in [0.1, 0.15) is 4.75 Å². The fourth-order valence-corrected chi connectivity index (χ4v) is 1.47. The molecule has 0 aliphatic rings. The Hall–Kier alpha value is 0.402. The first-order chi connectivity index (χ1) is 3.29. The molecule has 0 aliphatic heterocycles. The topological polar surface area (TPSA) is 38.9 Å². The molecule has 0 saturated heterocycles. The molecular formula is C2H2AlIN2O. The van der Waals surface area contributed by atoms with Crippen LogP contribution >= 0.6 is 22.6 Å². The minimum atomic E-state index is 0.697. The summed E-state index contributed by atoms with van der Waals surface area (Å²) < 4.78 is 6.11. The van der Waals surface area contributed by atoms with Gasteiger partial charge in [-0.1, -0.05) is 5.16 Å². The minimum absolute atomic E-state index is 0.697. The van der Waals surface area contributed by atoms with Crippen LogP contribution in [0, 0.1) is 3.83 Å². The first-order valence-corrected chi connectivity index (χ1v) is 3.83. The maximum Gasteiger partial charge on any atom is 0.355 e. The summed E-state index contributed by atoms with van der Waals surface area (Å²) in [6.07, 6.45) is 0. The predicted octanol–water partition coefficient (Wildman–Crippen LogP) is -1.07. The lowest BCUT2D eigenvalue weighted by molar-refractivity contribution is 0.440. The van der Waals surface area contributed by atoms with Crippen molar-refractivity contribution in [2.24, 2.45) is 0 Å². The number of nitrogens with zero attached hydrogens (tertiary/aromatic N) is 2. The normalized spacial score (nSPS) is 9.29. The van der Waals surface area contributed by atoms with Gasteiger partial charge in [0.25, 0.3) is 0 Å². The van der Waals surface area contributed by atoms with E-state index in [1.165, 1.54) is 0 Å². The summed E-state index contributed by atoms with van der Waals surface area (Å²) >= 11 is 2.86. The molecule has 0 N–H and O–H groups in total. The molecule has 0 amide bonds. The second-order valence-electron chi connectivity index (χ2n) is 1.08. The van der Waals surface area contributed by atoms with E-state index in [2.05, 4.69) is 14.7 Å². The van der Waals surface area contributed by atoms with Gasteiger partial charge in [-0.2, -0.15) is 0 Å². The zero-order valence-corrected chi connectivity index (χ0v) is 7.84. The maximum atomic E-state index is 4.66. The van der Waals surface area contributed by atoms with Crippen molar-refractivity contribution in [1.82, 2.24) is 10.1 Å². The Labute approximate surface area is 62.0 Å². The van der Waals surface area contributed by atoms with Crippen molar-refractivity contribution in [2.45, 2.75) is 0 Å². The van der Waals surface area contributed by atoms with Crippen LogP contribution in [0.2, 0.25) is 0 Å². The lowest BCUT2D eigenvalue weighted by Gasteiger charge is -1.64. The Kier molecular flexibility index (Phi) is 1.67. The Morgan fingerprint density at radius 3 is 2.57 bits per heavy atom. The van der Waals surface area contributed by atoms with Crippen molar-refractivity contribution in [2.75, 3.05) is 0 Å². The monoisotopic (exact) mass is 224 g/mol. The standard InChI is InChI=1S/C2IN2O.Al.2H/c3-2-4-1-6-5-2;;;. The van der Waals surface area contributed by atoms with E-state index in [0.29, 0.717) is 3.83 Å². The number of rotatable bonds is 0. The number of halogens is 1. The lowest BCUT2D eigenvalue weighted by atomic mass is 11.3. The summed E-state index contributed by atoms with van der Waals surface area (Å²) in [4.78, 5) is 3.88. The van der Waals surface area contributed by atoms with Crippen LogP contribution in [-0.4, -0.2) is 26.4 Å². The van der Waals surface area contributed by atoms with Gasteiger partial charge in [-0.05, 0) is 0 Å². The molecule has 0 bridgehead atoms. The smallest absolute Gasteiger partial charge is 0.355 e. The van der Waals surface area contributed by atoms with Gasteiger partial charge in [0.15, 0.2) is 0 Å². The molecule has 0 spiro atoms. The first-order valence-electron chi connectivity index (χ1n) is 1.75. The molecule has 1 heterocycles. The van der Waals surface area contributed by atoms with Gasteiger partial charge in [-0.15, -0.1) is 0 Å². The molecule has 0 unspecified atom stereocenters. The van der Waals surface area contributed by atoms with Gasteiger partial charge < -0.3 is 4.52 Å². The Morgan fingerprint density at radius 1 is 1.71 bits per heavy atom. The van der Waals surface area contributed by atoms with Gasteiger partial charge in [-0.25, -0.2) is 4.98 Å². The molecule has 3 nitrogen and oxygen atoms in total. The molecule has 0 fully saturated rings. The van der Waals surface area contributed by atoms with E-state index < -0.39 is 0 Å². The van der Waals surface area contributed by atoms with E-state index >= 15 is 0 Å². The predicted molar refractivity (Wildman–Crippen MR) is 35.2 cm³/mol. The third kappa shape index (κ3) is 1.40. The summed E-state index contributed by atoms with van der Waals surface area (Å²) in [5.74, 6) is 0. The third-order valence-electron chi connectivity index (χ3n) is 0.503. The fourth-order valence-electron chi connectivity index (χ4n) is 0.274. The first kappa shape index (κ1) is 5.54. The van der Waals surface area contributed by atoms with Gasteiger partial charge in [-0.3, -0.25) is 0 Å². The zero-order chi connectivity index (χ0) is 5.28. The highest BCUT2D eigenvalue weighted by Gasteiger charge is 1.91. The van der Waals surface area contributed by atoms with Crippen molar-refractivity contribution >= 4 is 43.6 Å². The average molecular weight is 224 g/mol. The van der Waals surface area contributed by atoms with Crippen molar-refractivity contribution < 1.29 is 4.52 Å². The average Bonchev–Trinajstić information content (AvgIpc) is 1.87. The minimum Gasteiger partial charge on any atom is -0.361 e. The maximum absolute atomic E-state index is 4.66. The SMILES string of the molecule is [AlH2][c]1nc(I)no1. The van der Waals surface area contributed by atoms with E-state index in [1.54, 1.807) is 0 Å². The van der Waals surface area contributed by atoms with Crippen LogP contribution < -0.4 is 4.75 Å². The van der Waals surface area contributed by atoms with Gasteiger partial charge in [0.2, 0.25) is 3.83 Å². The van der Waals surface area contributed by atoms with E-state index in [-0.39, 0.29) is 0 Å². The molecular weight excluding hydrogens is 222 g/mol. The summed E-state index contributed by atoms with van der Waals surface area (Å²) in [5.41, 5.74) is 0. The molecule has 5 heteroatoms. The van der Waals surface area contributed by atoms with Crippen molar-refractivity contribution in [3.63, 3.8) is 0 Å².